The summed E-state index contributed by atoms with van der Waals surface area (Å²) in [6.45, 7) is 4.36. The van der Waals surface area contributed by atoms with Crippen LogP contribution in [0.2, 0.25) is 0 Å². The van der Waals surface area contributed by atoms with Crippen LogP contribution < -0.4 is 5.32 Å². The number of anilines is 1. The first kappa shape index (κ1) is 12.9. The van der Waals surface area contributed by atoms with Gasteiger partial charge < -0.3 is 9.14 Å². The summed E-state index contributed by atoms with van der Waals surface area (Å²) < 4.78 is 7.79. The molecule has 1 amide bonds. The molecule has 0 fully saturated rings. The lowest BCUT2D eigenvalue weighted by Gasteiger charge is -2.06. The molecule has 2 aromatic heterocycles. The highest BCUT2D eigenvalue weighted by Crippen LogP contribution is 2.14. The summed E-state index contributed by atoms with van der Waals surface area (Å²) in [6, 6.07) is 3.75. The molecular formula is C12H14BrN3O2. The molecule has 2 aromatic rings. The van der Waals surface area contributed by atoms with Crippen molar-refractivity contribution in [1.82, 2.24) is 9.38 Å². The van der Waals surface area contributed by atoms with Gasteiger partial charge in [-0.25, -0.2) is 9.78 Å². The Bertz CT molecular complexity index is 565. The second kappa shape index (κ2) is 5.39. The topological polar surface area (TPSA) is 55.6 Å². The second-order valence-electron chi connectivity index (χ2n) is 4.36. The molecule has 6 heteroatoms. The van der Waals surface area contributed by atoms with E-state index >= 15 is 0 Å². The van der Waals surface area contributed by atoms with Crippen LogP contribution in [0, 0.1) is 5.92 Å². The number of pyridine rings is 1. The number of hydrogen-bond acceptors (Lipinski definition) is 3. The third-order valence-electron chi connectivity index (χ3n) is 2.19. The maximum Gasteiger partial charge on any atom is 0.412 e. The molecule has 18 heavy (non-hydrogen) atoms. The average Bonchev–Trinajstić information content (AvgIpc) is 2.67. The predicted molar refractivity (Wildman–Crippen MR) is 72.7 cm³/mol. The number of rotatable bonds is 3. The highest BCUT2D eigenvalue weighted by molar-refractivity contribution is 9.10. The molecule has 0 unspecified atom stereocenters. The van der Waals surface area contributed by atoms with Gasteiger partial charge in [-0.3, -0.25) is 5.32 Å². The molecule has 0 aliphatic carbocycles. The van der Waals surface area contributed by atoms with Gasteiger partial charge in [-0.05, 0) is 34.0 Å². The number of nitrogens with zero attached hydrogens (tertiary/aromatic N) is 2. The number of hydrogen-bond donors (Lipinski definition) is 1. The van der Waals surface area contributed by atoms with Crippen molar-refractivity contribution in [2.45, 2.75) is 13.8 Å². The van der Waals surface area contributed by atoms with Crippen molar-refractivity contribution >= 4 is 33.5 Å². The van der Waals surface area contributed by atoms with E-state index in [0.717, 1.165) is 10.1 Å². The molecule has 5 nitrogen and oxygen atoms in total. The van der Waals surface area contributed by atoms with Crippen molar-refractivity contribution in [2.24, 2.45) is 5.92 Å². The van der Waals surface area contributed by atoms with Gasteiger partial charge in [-0.2, -0.15) is 0 Å². The summed E-state index contributed by atoms with van der Waals surface area (Å²) in [6.07, 6.45) is 3.12. The molecular weight excluding hydrogens is 298 g/mol. The van der Waals surface area contributed by atoms with Gasteiger partial charge in [0.1, 0.15) is 5.65 Å². The van der Waals surface area contributed by atoms with Crippen LogP contribution >= 0.6 is 15.9 Å². The van der Waals surface area contributed by atoms with Crippen molar-refractivity contribution in [3.8, 4) is 0 Å². The first-order valence-corrected chi connectivity index (χ1v) is 6.42. The fourth-order valence-electron chi connectivity index (χ4n) is 1.41. The third kappa shape index (κ3) is 3.22. The molecule has 0 spiro atoms. The van der Waals surface area contributed by atoms with Crippen LogP contribution in [0.1, 0.15) is 13.8 Å². The van der Waals surface area contributed by atoms with E-state index < -0.39 is 6.09 Å². The third-order valence-corrected chi connectivity index (χ3v) is 2.66. The van der Waals surface area contributed by atoms with Gasteiger partial charge >= 0.3 is 6.09 Å². The van der Waals surface area contributed by atoms with Crippen LogP contribution in [0.3, 0.4) is 0 Å². The number of fused-ring (bicyclic) bond motifs is 1. The zero-order valence-electron chi connectivity index (χ0n) is 10.2. The second-order valence-corrected chi connectivity index (χ2v) is 5.27. The van der Waals surface area contributed by atoms with E-state index in [4.69, 9.17) is 4.74 Å². The normalized spacial score (nSPS) is 10.9. The summed E-state index contributed by atoms with van der Waals surface area (Å²) in [7, 11) is 0. The van der Waals surface area contributed by atoms with Crippen LogP contribution in [0.25, 0.3) is 5.65 Å². The van der Waals surface area contributed by atoms with Crippen LogP contribution in [0.5, 0.6) is 0 Å². The summed E-state index contributed by atoms with van der Waals surface area (Å²) in [5.74, 6) is 0.787. The summed E-state index contributed by atoms with van der Waals surface area (Å²) >= 11 is 3.37. The van der Waals surface area contributed by atoms with Gasteiger partial charge in [0, 0.05) is 10.7 Å². The lowest BCUT2D eigenvalue weighted by Crippen LogP contribution is -2.16. The Morgan fingerprint density at radius 3 is 3.00 bits per heavy atom. The Labute approximate surface area is 113 Å². The SMILES string of the molecule is CC(C)COC(=O)Nc1cn2cc(Br)ccc2n1. The standard InChI is InChI=1S/C12H14BrN3O2/c1-8(2)7-18-12(17)15-10-6-16-5-9(13)3-4-11(16)14-10/h3-6,8H,7H2,1-2H3,(H,15,17). The van der Waals surface area contributed by atoms with Crippen LogP contribution in [0.4, 0.5) is 10.6 Å². The number of carbonyl (C=O) groups is 1. The molecule has 1 N–H and O–H groups in total. The van der Waals surface area contributed by atoms with Gasteiger partial charge in [-0.15, -0.1) is 0 Å². The van der Waals surface area contributed by atoms with E-state index in [1.54, 1.807) is 6.20 Å². The minimum absolute atomic E-state index is 0.313. The predicted octanol–water partition coefficient (Wildman–Crippen LogP) is 3.30. The van der Waals surface area contributed by atoms with Crippen LogP contribution in [0.15, 0.2) is 29.0 Å². The van der Waals surface area contributed by atoms with E-state index in [2.05, 4.69) is 26.2 Å². The zero-order valence-corrected chi connectivity index (χ0v) is 11.8. The van der Waals surface area contributed by atoms with Crippen molar-refractivity contribution < 1.29 is 9.53 Å². The Morgan fingerprint density at radius 1 is 1.50 bits per heavy atom. The van der Waals surface area contributed by atoms with E-state index in [9.17, 15) is 4.79 Å². The Morgan fingerprint density at radius 2 is 2.28 bits per heavy atom. The molecule has 0 saturated carbocycles. The maximum atomic E-state index is 11.5. The Balaban J connectivity index is 2.05. The van der Waals surface area contributed by atoms with Crippen molar-refractivity contribution in [1.29, 1.82) is 0 Å². The van der Waals surface area contributed by atoms with Crippen LogP contribution in [-0.2, 0) is 4.74 Å². The van der Waals surface area contributed by atoms with E-state index in [-0.39, 0.29) is 0 Å². The Kier molecular flexibility index (Phi) is 3.86. The van der Waals surface area contributed by atoms with Gasteiger partial charge in [0.25, 0.3) is 0 Å². The van der Waals surface area contributed by atoms with Gasteiger partial charge in [0.05, 0.1) is 12.8 Å². The highest BCUT2D eigenvalue weighted by atomic mass is 79.9. The molecule has 0 aromatic carbocycles. The smallest absolute Gasteiger partial charge is 0.412 e. The van der Waals surface area contributed by atoms with E-state index in [0.29, 0.717) is 18.3 Å². The number of ether oxygens (including phenoxy) is 1. The fourth-order valence-corrected chi connectivity index (χ4v) is 1.76. The lowest BCUT2D eigenvalue weighted by atomic mass is 10.2. The Hall–Kier alpha value is -1.56. The number of amides is 1. The largest absolute Gasteiger partial charge is 0.449 e. The summed E-state index contributed by atoms with van der Waals surface area (Å²) in [5, 5.41) is 2.60. The van der Waals surface area contributed by atoms with Gasteiger partial charge in [-0.1, -0.05) is 13.8 Å². The minimum atomic E-state index is -0.480. The number of aromatic nitrogens is 2. The number of imidazole rings is 1. The fraction of sp³-hybridized carbons (Fsp3) is 0.333. The summed E-state index contributed by atoms with van der Waals surface area (Å²) in [4.78, 5) is 15.7. The lowest BCUT2D eigenvalue weighted by molar-refractivity contribution is 0.147. The average molecular weight is 312 g/mol. The molecule has 0 bridgehead atoms. The van der Waals surface area contributed by atoms with E-state index in [1.807, 2.05) is 36.6 Å². The molecule has 0 radical (unpaired) electrons. The summed E-state index contributed by atoms with van der Waals surface area (Å²) in [5.41, 5.74) is 0.761. The monoisotopic (exact) mass is 311 g/mol. The molecule has 0 aliphatic heterocycles. The maximum absolute atomic E-state index is 11.5. The van der Waals surface area contributed by atoms with Crippen molar-refractivity contribution in [3.05, 3.63) is 29.0 Å². The van der Waals surface area contributed by atoms with Gasteiger partial charge in [0.2, 0.25) is 0 Å². The van der Waals surface area contributed by atoms with E-state index in [1.165, 1.54) is 0 Å². The number of carbonyl (C=O) groups excluding carboxylic acids is 1. The first-order valence-electron chi connectivity index (χ1n) is 5.62. The quantitative estimate of drug-likeness (QED) is 0.946. The molecule has 0 atom stereocenters. The minimum Gasteiger partial charge on any atom is -0.449 e. The first-order chi connectivity index (χ1) is 8.54. The van der Waals surface area contributed by atoms with Gasteiger partial charge in [0.15, 0.2) is 5.82 Å². The molecule has 0 aliphatic rings. The highest BCUT2D eigenvalue weighted by Gasteiger charge is 2.07. The van der Waals surface area contributed by atoms with Crippen molar-refractivity contribution in [3.63, 3.8) is 0 Å². The zero-order chi connectivity index (χ0) is 13.1. The molecule has 0 saturated heterocycles. The number of halogens is 1. The molecule has 96 valence electrons. The van der Waals surface area contributed by atoms with Crippen LogP contribution in [-0.4, -0.2) is 22.1 Å². The number of nitrogens with one attached hydrogen (secondary N) is 1. The molecule has 2 heterocycles. The molecule has 2 rings (SSSR count). The van der Waals surface area contributed by atoms with Crippen molar-refractivity contribution in [2.75, 3.05) is 11.9 Å².